The Balaban J connectivity index is 2.72. The number of hydrogen-bond donors (Lipinski definition) is 1. The van der Waals surface area contributed by atoms with Gasteiger partial charge in [0.15, 0.2) is 0 Å². The summed E-state index contributed by atoms with van der Waals surface area (Å²) in [7, 11) is 0. The third kappa shape index (κ3) is 5.79. The molecule has 0 saturated carbocycles. The van der Waals surface area contributed by atoms with Crippen LogP contribution in [0.2, 0.25) is 10.0 Å². The molecule has 0 atom stereocenters. The van der Waals surface area contributed by atoms with Gasteiger partial charge in [-0.1, -0.05) is 23.2 Å². The lowest BCUT2D eigenvalue weighted by Gasteiger charge is -2.33. The minimum absolute atomic E-state index is 0.292. The fourth-order valence-corrected chi connectivity index (χ4v) is 3.66. The monoisotopic (exact) mass is 453 g/mol. The molecule has 0 aromatic heterocycles. The van der Waals surface area contributed by atoms with E-state index in [1.165, 1.54) is 0 Å². The number of halogens is 2. The molecule has 30 heavy (non-hydrogen) atoms. The molecule has 164 valence electrons. The van der Waals surface area contributed by atoms with E-state index in [0.29, 0.717) is 38.1 Å². The number of nitrogens with one attached hydrogen (secondary N) is 1. The molecule has 5 nitrogen and oxygen atoms in total. The summed E-state index contributed by atoms with van der Waals surface area (Å²) in [6.07, 6.45) is 0. The van der Waals surface area contributed by atoms with Crippen molar-refractivity contribution in [1.29, 1.82) is 0 Å². The highest BCUT2D eigenvalue weighted by Gasteiger charge is 2.40. The fraction of sp³-hybridized carbons (Fsp3) is 0.478. The highest BCUT2D eigenvalue weighted by molar-refractivity contribution is 6.33. The molecule has 0 bridgehead atoms. The number of hydrogen-bond acceptors (Lipinski definition) is 5. The van der Waals surface area contributed by atoms with Crippen molar-refractivity contribution in [3.8, 4) is 0 Å². The van der Waals surface area contributed by atoms with Crippen molar-refractivity contribution in [2.45, 2.75) is 72.5 Å². The number of carbonyl (C=O) groups excluding carboxylic acids is 2. The largest absolute Gasteiger partial charge is 0.457 e. The first-order valence-corrected chi connectivity index (χ1v) is 10.5. The van der Waals surface area contributed by atoms with Gasteiger partial charge < -0.3 is 14.8 Å². The zero-order valence-electron chi connectivity index (χ0n) is 18.7. The molecule has 1 aromatic rings. The summed E-state index contributed by atoms with van der Waals surface area (Å²) in [4.78, 5) is 26.4. The van der Waals surface area contributed by atoms with Crippen molar-refractivity contribution >= 4 is 35.1 Å². The number of allylic oxidation sites excluding steroid dienone is 2. The Hall–Kier alpha value is -1.98. The maximum Gasteiger partial charge on any atom is 0.337 e. The van der Waals surface area contributed by atoms with Crippen LogP contribution in [0.15, 0.2) is 40.7 Å². The number of benzene rings is 1. The van der Waals surface area contributed by atoms with E-state index in [1.807, 2.05) is 0 Å². The van der Waals surface area contributed by atoms with Gasteiger partial charge in [-0.3, -0.25) is 0 Å². The number of rotatable bonds is 3. The molecule has 0 fully saturated rings. The Kier molecular flexibility index (Phi) is 6.99. The van der Waals surface area contributed by atoms with Crippen molar-refractivity contribution in [1.82, 2.24) is 5.32 Å². The van der Waals surface area contributed by atoms with Gasteiger partial charge in [0.25, 0.3) is 0 Å². The molecule has 0 amide bonds. The normalized spacial score (nSPS) is 15.8. The van der Waals surface area contributed by atoms with E-state index in [2.05, 4.69) is 5.32 Å². The summed E-state index contributed by atoms with van der Waals surface area (Å²) in [6.45, 7) is 14.2. The maximum atomic E-state index is 13.2. The quantitative estimate of drug-likeness (QED) is 0.575. The molecule has 0 saturated heterocycles. The molecular weight excluding hydrogens is 425 g/mol. The predicted molar refractivity (Wildman–Crippen MR) is 119 cm³/mol. The van der Waals surface area contributed by atoms with Crippen LogP contribution in [0.5, 0.6) is 0 Å². The summed E-state index contributed by atoms with van der Waals surface area (Å²) in [5, 5.41) is 3.95. The average molecular weight is 454 g/mol. The number of dihydropyridines is 1. The van der Waals surface area contributed by atoms with Gasteiger partial charge in [0.1, 0.15) is 11.2 Å². The highest BCUT2D eigenvalue weighted by Crippen LogP contribution is 2.43. The Bertz CT molecular complexity index is 884. The molecule has 0 spiro atoms. The molecule has 1 aromatic carbocycles. The SMILES string of the molecule is CC1=C(C(=O)OC(C)(C)C)C(c2cc(Cl)ccc2Cl)C(C(=O)OC(C)(C)C)=C(C)N1. The van der Waals surface area contributed by atoms with E-state index >= 15 is 0 Å². The number of esters is 2. The molecule has 0 unspecified atom stereocenters. The van der Waals surface area contributed by atoms with Crippen LogP contribution in [0, 0.1) is 0 Å². The fourth-order valence-electron chi connectivity index (χ4n) is 3.25. The van der Waals surface area contributed by atoms with E-state index < -0.39 is 29.1 Å². The summed E-state index contributed by atoms with van der Waals surface area (Å²) < 4.78 is 11.3. The first-order chi connectivity index (χ1) is 13.6. The van der Waals surface area contributed by atoms with Gasteiger partial charge in [-0.2, -0.15) is 0 Å². The zero-order chi connectivity index (χ0) is 23.0. The van der Waals surface area contributed by atoms with Crippen LogP contribution in [-0.4, -0.2) is 23.1 Å². The highest BCUT2D eigenvalue weighted by atomic mass is 35.5. The van der Waals surface area contributed by atoms with Crippen LogP contribution in [0.3, 0.4) is 0 Å². The Morgan fingerprint density at radius 3 is 1.70 bits per heavy atom. The second kappa shape index (κ2) is 8.64. The molecule has 7 heteroatoms. The molecule has 0 radical (unpaired) electrons. The minimum atomic E-state index is -0.790. The Labute approximate surface area is 188 Å². The van der Waals surface area contributed by atoms with Gasteiger partial charge in [-0.05, 0) is 79.2 Å². The third-order valence-corrected chi connectivity index (χ3v) is 4.85. The minimum Gasteiger partial charge on any atom is -0.457 e. The number of carbonyl (C=O) groups is 2. The number of ether oxygens (including phenoxy) is 2. The van der Waals surface area contributed by atoms with Gasteiger partial charge >= 0.3 is 11.9 Å². The molecule has 1 N–H and O–H groups in total. The predicted octanol–water partition coefficient (Wildman–Crippen LogP) is 5.91. The van der Waals surface area contributed by atoms with E-state index in [9.17, 15) is 9.59 Å². The molecule has 1 aliphatic rings. The van der Waals surface area contributed by atoms with Crippen molar-refractivity contribution in [2.24, 2.45) is 0 Å². The molecule has 1 aliphatic heterocycles. The Morgan fingerprint density at radius 2 is 1.30 bits per heavy atom. The van der Waals surface area contributed by atoms with Crippen molar-refractivity contribution < 1.29 is 19.1 Å². The summed E-state index contributed by atoms with van der Waals surface area (Å²) >= 11 is 12.7. The van der Waals surface area contributed by atoms with Gasteiger partial charge in [-0.15, -0.1) is 0 Å². The van der Waals surface area contributed by atoms with Crippen molar-refractivity contribution in [2.75, 3.05) is 0 Å². The standard InChI is InChI=1S/C23H29Cl2NO4/c1-12-17(20(27)29-22(3,4)5)19(15-11-14(24)9-10-16(15)25)18(13(2)26-12)21(28)30-23(6,7)8/h9-11,19,26H,1-8H3. The topological polar surface area (TPSA) is 64.6 Å². The van der Waals surface area contributed by atoms with Crippen LogP contribution in [-0.2, 0) is 19.1 Å². The van der Waals surface area contributed by atoms with Crippen LogP contribution in [0.25, 0.3) is 0 Å². The van der Waals surface area contributed by atoms with Gasteiger partial charge in [0.2, 0.25) is 0 Å². The lowest BCUT2D eigenvalue weighted by Crippen LogP contribution is -2.36. The first-order valence-electron chi connectivity index (χ1n) is 9.71. The van der Waals surface area contributed by atoms with Crippen LogP contribution >= 0.6 is 23.2 Å². The molecule has 1 heterocycles. The van der Waals surface area contributed by atoms with E-state index in [-0.39, 0.29) is 0 Å². The van der Waals surface area contributed by atoms with Crippen LogP contribution in [0.1, 0.15) is 66.9 Å². The summed E-state index contributed by atoms with van der Waals surface area (Å²) in [5.41, 5.74) is 0.849. The Morgan fingerprint density at radius 1 is 0.867 bits per heavy atom. The summed E-state index contributed by atoms with van der Waals surface area (Å²) in [5.74, 6) is -1.87. The van der Waals surface area contributed by atoms with Crippen molar-refractivity contribution in [3.05, 3.63) is 56.3 Å². The lowest BCUT2D eigenvalue weighted by atomic mass is 9.80. The zero-order valence-corrected chi connectivity index (χ0v) is 20.2. The molecule has 2 rings (SSSR count). The lowest BCUT2D eigenvalue weighted by molar-refractivity contribution is -0.150. The van der Waals surface area contributed by atoms with Gasteiger partial charge in [-0.25, -0.2) is 9.59 Å². The van der Waals surface area contributed by atoms with Crippen LogP contribution in [0.4, 0.5) is 0 Å². The smallest absolute Gasteiger partial charge is 0.337 e. The van der Waals surface area contributed by atoms with E-state index in [0.717, 1.165) is 0 Å². The average Bonchev–Trinajstić information content (AvgIpc) is 2.52. The molecule has 0 aliphatic carbocycles. The molecular formula is C23H29Cl2NO4. The maximum absolute atomic E-state index is 13.2. The van der Waals surface area contributed by atoms with Gasteiger partial charge in [0.05, 0.1) is 17.1 Å². The third-order valence-electron chi connectivity index (χ3n) is 4.27. The second-order valence-corrected chi connectivity index (χ2v) is 10.1. The van der Waals surface area contributed by atoms with E-state index in [4.69, 9.17) is 32.7 Å². The van der Waals surface area contributed by atoms with E-state index in [1.54, 1.807) is 73.6 Å². The second-order valence-electron chi connectivity index (χ2n) is 9.30. The summed E-state index contributed by atoms with van der Waals surface area (Å²) in [6, 6.07) is 4.96. The van der Waals surface area contributed by atoms with Gasteiger partial charge in [0, 0.05) is 21.4 Å². The first kappa shape index (κ1) is 24.3. The van der Waals surface area contributed by atoms with Crippen molar-refractivity contribution in [3.63, 3.8) is 0 Å². The van der Waals surface area contributed by atoms with Crippen LogP contribution < -0.4 is 5.32 Å².